The largest absolute Gasteiger partial charge is 0.455 e. The van der Waals surface area contributed by atoms with E-state index in [1.165, 1.54) is 0 Å². The second kappa shape index (κ2) is 15.0. The molecule has 1 heterocycles. The number of nitrogens with zero attached hydrogens (tertiary/aromatic N) is 1. The van der Waals surface area contributed by atoms with Gasteiger partial charge in [-0.1, -0.05) is 39.8 Å². The number of carbonyl (C=O) groups excluding carboxylic acids is 5. The number of amides is 2. The summed E-state index contributed by atoms with van der Waals surface area (Å²) in [5.74, 6) is -1.15. The van der Waals surface area contributed by atoms with Crippen molar-refractivity contribution in [3.8, 4) is 0 Å². The van der Waals surface area contributed by atoms with Crippen molar-refractivity contribution >= 4 is 101 Å². The maximum Gasteiger partial charge on any atom is 0.247 e. The Labute approximate surface area is 356 Å². The Balaban J connectivity index is 1.17. The molecule has 0 saturated carbocycles. The molecule has 0 spiro atoms. The number of anilines is 1. The lowest BCUT2D eigenvalue weighted by molar-refractivity contribution is -0.120. The number of allylic oxidation sites excluding steroid dienone is 6. The zero-order chi connectivity index (χ0) is 43.0. The normalized spacial score (nSPS) is 17.5. The molecule has 2 aliphatic rings. The molecule has 0 fully saturated rings. The summed E-state index contributed by atoms with van der Waals surface area (Å²) in [6.45, 7) is 17.5. The van der Waals surface area contributed by atoms with E-state index >= 15 is 0 Å². The van der Waals surface area contributed by atoms with E-state index in [1.54, 1.807) is 47.6 Å². The van der Waals surface area contributed by atoms with E-state index in [4.69, 9.17) is 4.42 Å². The maximum absolute atomic E-state index is 13.4. The monoisotopic (exact) mass is 902 g/mol. The fourth-order valence-electron chi connectivity index (χ4n) is 8.86. The first-order valence-corrected chi connectivity index (χ1v) is 20.7. The number of ketones is 3. The molecule has 2 amide bonds. The predicted octanol–water partition coefficient (Wildman–Crippen LogP) is 10.1. The van der Waals surface area contributed by atoms with Crippen LogP contribution in [-0.4, -0.2) is 40.4 Å². The van der Waals surface area contributed by atoms with Gasteiger partial charge >= 0.3 is 0 Å². The second-order valence-corrected chi connectivity index (χ2v) is 18.4. The van der Waals surface area contributed by atoms with Crippen molar-refractivity contribution in [2.75, 3.05) is 5.32 Å². The standard InChI is InChI=1S/C49H47IN2O7/c1-23-25(3)44(57)39(27(5)42(23)55)48(7,8)21-37(53)51-31-13-17-33-29(19-31)11-15-35-41(50)36-16-12-30-20-32(14-18-34(30)47(36)59-46(33)35)52-38(54)22-49(9,10)40-28(6)43(56)24(2)26(4)45(40)58/h11-20,42,55H,21-22H2,1-10H3,(H,52,54)/b51-31-. The van der Waals surface area contributed by atoms with Gasteiger partial charge in [0.1, 0.15) is 11.2 Å². The van der Waals surface area contributed by atoms with Gasteiger partial charge in [0.15, 0.2) is 17.3 Å². The first-order valence-electron chi connectivity index (χ1n) is 19.6. The first-order chi connectivity index (χ1) is 27.6. The van der Waals surface area contributed by atoms with Crippen molar-refractivity contribution in [1.29, 1.82) is 0 Å². The fraction of sp³-hybridized carbons (Fsp3) is 0.306. The van der Waals surface area contributed by atoms with E-state index in [0.717, 1.165) is 35.9 Å². The number of hydrogen-bond acceptors (Lipinski definition) is 7. The SMILES string of the molecule is CC1=C(C)C(=O)C(C(C)(C)CC(=O)Nc2ccc3c(ccc4c(I)c5ccc6c/c(=N\C(=O)CC(C)(C)C7=C(C)C(O)C(C)=C(C)C7=O)ccc6c5oc43)c2)=C(C)C1=O. The number of benzene rings is 4. The molecule has 302 valence electrons. The van der Waals surface area contributed by atoms with Crippen LogP contribution in [0.5, 0.6) is 0 Å². The number of rotatable bonds is 7. The highest BCUT2D eigenvalue weighted by Crippen LogP contribution is 2.42. The predicted molar refractivity (Wildman–Crippen MR) is 241 cm³/mol. The van der Waals surface area contributed by atoms with Crippen LogP contribution >= 0.6 is 22.6 Å². The van der Waals surface area contributed by atoms with Crippen molar-refractivity contribution in [3.63, 3.8) is 0 Å². The van der Waals surface area contributed by atoms with Crippen LogP contribution in [0.1, 0.15) is 82.1 Å². The minimum absolute atomic E-state index is 0.00534. The average molecular weight is 903 g/mol. The lowest BCUT2D eigenvalue weighted by Crippen LogP contribution is -2.33. The Morgan fingerprint density at radius 1 is 0.661 bits per heavy atom. The van der Waals surface area contributed by atoms with Gasteiger partial charge in [-0.3, -0.25) is 24.0 Å². The van der Waals surface area contributed by atoms with Crippen molar-refractivity contribution in [2.45, 2.75) is 88.2 Å². The molecule has 10 heteroatoms. The van der Waals surface area contributed by atoms with Gasteiger partial charge in [0.05, 0.1) is 11.5 Å². The molecule has 1 aromatic heterocycles. The minimum atomic E-state index is -0.869. The van der Waals surface area contributed by atoms with Crippen LogP contribution in [0.4, 0.5) is 5.69 Å². The smallest absolute Gasteiger partial charge is 0.247 e. The molecule has 5 aromatic rings. The summed E-state index contributed by atoms with van der Waals surface area (Å²) in [6, 6.07) is 19.2. The zero-order valence-electron chi connectivity index (χ0n) is 35.0. The van der Waals surface area contributed by atoms with Crippen LogP contribution in [0.3, 0.4) is 0 Å². The molecule has 0 aliphatic heterocycles. The van der Waals surface area contributed by atoms with Crippen LogP contribution in [0.15, 0.2) is 115 Å². The number of aliphatic hydroxyl groups excluding tert-OH is 1. The third kappa shape index (κ3) is 7.24. The van der Waals surface area contributed by atoms with Gasteiger partial charge in [-0.15, -0.1) is 0 Å². The highest BCUT2D eigenvalue weighted by molar-refractivity contribution is 14.1. The number of aliphatic hydroxyl groups is 1. The Hall–Kier alpha value is -5.33. The van der Waals surface area contributed by atoms with Crippen molar-refractivity contribution < 1.29 is 33.5 Å². The number of Topliss-reactive ketones (excluding diaryl/α,β-unsaturated/α-hetero) is 3. The number of hydrogen-bond donors (Lipinski definition) is 2. The molecule has 0 bridgehead atoms. The summed E-state index contributed by atoms with van der Waals surface area (Å²) < 4.78 is 7.75. The van der Waals surface area contributed by atoms with Crippen LogP contribution in [0.25, 0.3) is 43.5 Å². The van der Waals surface area contributed by atoms with Crippen LogP contribution < -0.4 is 10.7 Å². The molecule has 1 atom stereocenters. The highest BCUT2D eigenvalue weighted by atomic mass is 127. The Bertz CT molecular complexity index is 2990. The number of nitrogens with one attached hydrogen (secondary N) is 1. The van der Waals surface area contributed by atoms with E-state index in [9.17, 15) is 29.1 Å². The van der Waals surface area contributed by atoms with Gasteiger partial charge in [0.25, 0.3) is 0 Å². The summed E-state index contributed by atoms with van der Waals surface area (Å²) in [5, 5.41) is 19.5. The van der Waals surface area contributed by atoms with Gasteiger partial charge in [-0.25, -0.2) is 4.99 Å². The first kappa shape index (κ1) is 41.8. The lowest BCUT2D eigenvalue weighted by Gasteiger charge is -2.33. The Morgan fingerprint density at radius 2 is 1.19 bits per heavy atom. The number of carbonyl (C=O) groups is 5. The van der Waals surface area contributed by atoms with Crippen LogP contribution in [0, 0.1) is 14.4 Å². The van der Waals surface area contributed by atoms with Crippen molar-refractivity contribution in [3.05, 3.63) is 114 Å². The molecule has 2 N–H and O–H groups in total. The summed E-state index contributed by atoms with van der Waals surface area (Å²) >= 11 is 2.34. The summed E-state index contributed by atoms with van der Waals surface area (Å²) in [4.78, 5) is 70.6. The molecular weight excluding hydrogens is 855 g/mol. The molecule has 0 saturated heterocycles. The van der Waals surface area contributed by atoms with Crippen LogP contribution in [-0.2, 0) is 24.0 Å². The number of halogens is 1. The van der Waals surface area contributed by atoms with E-state index in [1.807, 2.05) is 82.3 Å². The third-order valence-corrected chi connectivity index (χ3v) is 13.4. The highest BCUT2D eigenvalue weighted by Gasteiger charge is 2.39. The zero-order valence-corrected chi connectivity index (χ0v) is 37.1. The maximum atomic E-state index is 13.4. The van der Waals surface area contributed by atoms with Crippen molar-refractivity contribution in [1.82, 2.24) is 0 Å². The van der Waals surface area contributed by atoms with E-state index in [2.05, 4.69) is 32.9 Å². The average Bonchev–Trinajstić information content (AvgIpc) is 3.16. The van der Waals surface area contributed by atoms with E-state index in [-0.39, 0.29) is 42.0 Å². The molecule has 1 unspecified atom stereocenters. The van der Waals surface area contributed by atoms with Gasteiger partial charge in [0, 0.05) is 82.3 Å². The number of fused-ring (bicyclic) bond motifs is 6. The van der Waals surface area contributed by atoms with Gasteiger partial charge < -0.3 is 14.8 Å². The van der Waals surface area contributed by atoms with Gasteiger partial charge in [0.2, 0.25) is 11.8 Å². The minimum Gasteiger partial charge on any atom is -0.455 e. The molecule has 4 aromatic carbocycles. The molecule has 9 nitrogen and oxygen atoms in total. The molecule has 59 heavy (non-hydrogen) atoms. The van der Waals surface area contributed by atoms with Gasteiger partial charge in [-0.05, 0) is 140 Å². The second-order valence-electron chi connectivity index (χ2n) is 17.3. The van der Waals surface area contributed by atoms with E-state index in [0.29, 0.717) is 66.8 Å². The Morgan fingerprint density at radius 3 is 1.81 bits per heavy atom. The van der Waals surface area contributed by atoms with Crippen LogP contribution in [0.2, 0.25) is 0 Å². The molecule has 0 radical (unpaired) electrons. The topological polar surface area (TPSA) is 143 Å². The van der Waals surface area contributed by atoms with Crippen molar-refractivity contribution in [2.24, 2.45) is 15.8 Å². The molecule has 7 rings (SSSR count). The quantitative estimate of drug-likeness (QED) is 0.0717. The summed E-state index contributed by atoms with van der Waals surface area (Å²) in [5.41, 5.74) is 4.06. The van der Waals surface area contributed by atoms with Gasteiger partial charge in [-0.2, -0.15) is 0 Å². The summed E-state index contributed by atoms with van der Waals surface area (Å²) in [6.07, 6.45) is -0.850. The fourth-order valence-corrected chi connectivity index (χ4v) is 9.71. The third-order valence-electron chi connectivity index (χ3n) is 12.2. The Kier molecular flexibility index (Phi) is 10.7. The summed E-state index contributed by atoms with van der Waals surface area (Å²) in [7, 11) is 0. The lowest BCUT2D eigenvalue weighted by atomic mass is 9.71. The molecule has 2 aliphatic carbocycles. The molecular formula is C49H47IN2O7. The van der Waals surface area contributed by atoms with E-state index < -0.39 is 16.9 Å².